The van der Waals surface area contributed by atoms with Crippen LogP contribution in [0.4, 0.5) is 0 Å². The van der Waals surface area contributed by atoms with Crippen LogP contribution in [0.5, 0.6) is 0 Å². The summed E-state index contributed by atoms with van der Waals surface area (Å²) < 4.78 is 0. The minimum Gasteiger partial charge on any atom is -0.395 e. The average Bonchev–Trinajstić information content (AvgIpc) is 2.79. The van der Waals surface area contributed by atoms with E-state index in [4.69, 9.17) is 5.11 Å². The maximum absolute atomic E-state index is 11.8. The second-order valence-corrected chi connectivity index (χ2v) is 4.78. The molecular weight excluding hydrogens is 248 g/mol. The number of aryl methyl sites for hydroxylation is 1. The van der Waals surface area contributed by atoms with Gasteiger partial charge < -0.3 is 10.4 Å². The van der Waals surface area contributed by atoms with E-state index >= 15 is 0 Å². The third-order valence-corrected chi connectivity index (χ3v) is 3.63. The summed E-state index contributed by atoms with van der Waals surface area (Å²) in [6.07, 6.45) is 0. The minimum absolute atomic E-state index is 0.0604. The Kier molecular flexibility index (Phi) is 4.07. The molecule has 0 spiro atoms. The molecule has 18 heavy (non-hydrogen) atoms. The molecule has 1 aromatic carbocycles. The quantitative estimate of drug-likeness (QED) is 0.883. The van der Waals surface area contributed by atoms with Gasteiger partial charge in [-0.25, -0.2) is 4.98 Å². The molecule has 0 fully saturated rings. The first-order valence-corrected chi connectivity index (χ1v) is 6.46. The number of aliphatic hydroxyl groups is 1. The van der Waals surface area contributed by atoms with E-state index in [1.165, 1.54) is 11.3 Å². The zero-order valence-corrected chi connectivity index (χ0v) is 10.8. The molecule has 1 amide bonds. The number of benzene rings is 1. The number of hydrogen-bond donors (Lipinski definition) is 2. The lowest BCUT2D eigenvalue weighted by Gasteiger charge is -1.99. The first-order chi connectivity index (χ1) is 8.72. The molecule has 0 saturated carbocycles. The van der Waals surface area contributed by atoms with Crippen molar-refractivity contribution in [2.24, 2.45) is 0 Å². The molecule has 0 atom stereocenters. The van der Waals surface area contributed by atoms with Crippen LogP contribution < -0.4 is 5.32 Å². The van der Waals surface area contributed by atoms with Crippen LogP contribution in [0.3, 0.4) is 0 Å². The molecule has 94 valence electrons. The number of rotatable bonds is 4. The Morgan fingerprint density at radius 2 is 2.11 bits per heavy atom. The summed E-state index contributed by atoms with van der Waals surface area (Å²) in [5.74, 6) is -0.179. The fourth-order valence-electron chi connectivity index (χ4n) is 1.56. The maximum Gasteiger partial charge on any atom is 0.263 e. The summed E-state index contributed by atoms with van der Waals surface area (Å²) in [5.41, 5.74) is 1.72. The predicted octanol–water partition coefficient (Wildman–Crippen LogP) is 1.84. The molecule has 5 heteroatoms. The number of amides is 1. The van der Waals surface area contributed by atoms with E-state index in [-0.39, 0.29) is 19.1 Å². The fraction of sp³-hybridized carbons (Fsp3) is 0.231. The van der Waals surface area contributed by atoms with E-state index in [9.17, 15) is 4.79 Å². The molecule has 0 saturated heterocycles. The Balaban J connectivity index is 2.25. The van der Waals surface area contributed by atoms with Gasteiger partial charge in [0.05, 0.1) is 12.3 Å². The van der Waals surface area contributed by atoms with Crippen LogP contribution in [0.2, 0.25) is 0 Å². The summed E-state index contributed by atoms with van der Waals surface area (Å²) in [6, 6.07) is 9.76. The Morgan fingerprint density at radius 3 is 2.78 bits per heavy atom. The highest BCUT2D eigenvalue weighted by molar-refractivity contribution is 7.17. The van der Waals surface area contributed by atoms with Crippen molar-refractivity contribution < 1.29 is 9.90 Å². The highest BCUT2D eigenvalue weighted by atomic mass is 32.1. The number of carbonyl (C=O) groups excluding carboxylic acids is 1. The minimum atomic E-state index is -0.179. The lowest BCUT2D eigenvalue weighted by Crippen LogP contribution is -2.26. The standard InChI is InChI=1S/C13H14N2O2S/c1-9-11(12(17)14-7-8-16)18-13(15-9)10-5-3-2-4-6-10/h2-6,16H,7-8H2,1H3,(H,14,17). The van der Waals surface area contributed by atoms with Crippen molar-refractivity contribution in [3.63, 3.8) is 0 Å². The fourth-order valence-corrected chi connectivity index (χ4v) is 2.55. The zero-order valence-electron chi connectivity index (χ0n) is 10.0. The van der Waals surface area contributed by atoms with Crippen LogP contribution in [-0.4, -0.2) is 29.1 Å². The number of carbonyl (C=O) groups is 1. The predicted molar refractivity (Wildman–Crippen MR) is 71.7 cm³/mol. The molecule has 2 rings (SSSR count). The number of nitrogens with one attached hydrogen (secondary N) is 1. The van der Waals surface area contributed by atoms with Crippen molar-refractivity contribution in [1.29, 1.82) is 0 Å². The topological polar surface area (TPSA) is 62.2 Å². The van der Waals surface area contributed by atoms with Gasteiger partial charge in [0.1, 0.15) is 9.88 Å². The van der Waals surface area contributed by atoms with E-state index in [0.29, 0.717) is 10.6 Å². The van der Waals surface area contributed by atoms with Crippen LogP contribution in [-0.2, 0) is 0 Å². The zero-order chi connectivity index (χ0) is 13.0. The highest BCUT2D eigenvalue weighted by Crippen LogP contribution is 2.27. The van der Waals surface area contributed by atoms with Crippen LogP contribution in [0, 0.1) is 6.92 Å². The van der Waals surface area contributed by atoms with Crippen LogP contribution >= 0.6 is 11.3 Å². The van der Waals surface area contributed by atoms with Crippen molar-refractivity contribution in [2.75, 3.05) is 13.2 Å². The van der Waals surface area contributed by atoms with Gasteiger partial charge in [0, 0.05) is 12.1 Å². The van der Waals surface area contributed by atoms with E-state index in [1.54, 1.807) is 0 Å². The Bertz CT molecular complexity index is 537. The molecule has 0 aliphatic rings. The average molecular weight is 262 g/mol. The van der Waals surface area contributed by atoms with Crippen molar-refractivity contribution in [3.8, 4) is 10.6 Å². The molecule has 1 heterocycles. The van der Waals surface area contributed by atoms with Crippen molar-refractivity contribution in [2.45, 2.75) is 6.92 Å². The van der Waals surface area contributed by atoms with E-state index < -0.39 is 0 Å². The Hall–Kier alpha value is -1.72. The van der Waals surface area contributed by atoms with Gasteiger partial charge in [-0.3, -0.25) is 4.79 Å². The molecule has 2 aromatic rings. The maximum atomic E-state index is 11.8. The second-order valence-electron chi connectivity index (χ2n) is 3.78. The van der Waals surface area contributed by atoms with Crippen molar-refractivity contribution in [3.05, 3.63) is 40.9 Å². The van der Waals surface area contributed by atoms with Gasteiger partial charge in [0.15, 0.2) is 0 Å². The van der Waals surface area contributed by atoms with E-state index in [0.717, 1.165) is 10.6 Å². The van der Waals surface area contributed by atoms with Gasteiger partial charge >= 0.3 is 0 Å². The first kappa shape index (κ1) is 12.7. The summed E-state index contributed by atoms with van der Waals surface area (Å²) in [5, 5.41) is 12.2. The molecule has 0 unspecified atom stereocenters. The number of nitrogens with zero attached hydrogens (tertiary/aromatic N) is 1. The molecule has 2 N–H and O–H groups in total. The number of hydrogen-bond acceptors (Lipinski definition) is 4. The lowest BCUT2D eigenvalue weighted by molar-refractivity contribution is 0.0948. The monoisotopic (exact) mass is 262 g/mol. The molecule has 0 aliphatic heterocycles. The number of aromatic nitrogens is 1. The third-order valence-electron chi connectivity index (χ3n) is 2.42. The summed E-state index contributed by atoms with van der Waals surface area (Å²) >= 11 is 1.37. The van der Waals surface area contributed by atoms with E-state index in [2.05, 4.69) is 10.3 Å². The Labute approximate surface area is 109 Å². The second kappa shape index (κ2) is 5.75. The van der Waals surface area contributed by atoms with Gasteiger partial charge in [0.25, 0.3) is 5.91 Å². The summed E-state index contributed by atoms with van der Waals surface area (Å²) in [7, 11) is 0. The SMILES string of the molecule is Cc1nc(-c2ccccc2)sc1C(=O)NCCO. The van der Waals surface area contributed by atoms with Gasteiger partial charge in [0.2, 0.25) is 0 Å². The molecule has 0 bridgehead atoms. The first-order valence-electron chi connectivity index (χ1n) is 5.64. The lowest BCUT2D eigenvalue weighted by atomic mass is 10.2. The van der Waals surface area contributed by atoms with Crippen LogP contribution in [0.25, 0.3) is 10.6 Å². The Morgan fingerprint density at radius 1 is 1.39 bits per heavy atom. The van der Waals surface area contributed by atoms with E-state index in [1.807, 2.05) is 37.3 Å². The van der Waals surface area contributed by atoms with Crippen molar-refractivity contribution >= 4 is 17.2 Å². The molecule has 0 radical (unpaired) electrons. The highest BCUT2D eigenvalue weighted by Gasteiger charge is 2.15. The summed E-state index contributed by atoms with van der Waals surface area (Å²) in [6.45, 7) is 2.02. The largest absolute Gasteiger partial charge is 0.395 e. The van der Waals surface area contributed by atoms with Gasteiger partial charge in [-0.15, -0.1) is 11.3 Å². The number of thiazole rings is 1. The third kappa shape index (κ3) is 2.75. The smallest absolute Gasteiger partial charge is 0.263 e. The van der Waals surface area contributed by atoms with Gasteiger partial charge in [-0.1, -0.05) is 30.3 Å². The van der Waals surface area contributed by atoms with Crippen molar-refractivity contribution in [1.82, 2.24) is 10.3 Å². The molecule has 1 aromatic heterocycles. The van der Waals surface area contributed by atoms with Gasteiger partial charge in [-0.2, -0.15) is 0 Å². The van der Waals surface area contributed by atoms with Crippen LogP contribution in [0.15, 0.2) is 30.3 Å². The van der Waals surface area contributed by atoms with Crippen LogP contribution in [0.1, 0.15) is 15.4 Å². The molecular formula is C13H14N2O2S. The molecule has 0 aliphatic carbocycles. The number of aliphatic hydroxyl groups excluding tert-OH is 1. The van der Waals surface area contributed by atoms with Gasteiger partial charge in [-0.05, 0) is 6.92 Å². The summed E-state index contributed by atoms with van der Waals surface area (Å²) in [4.78, 5) is 16.8. The normalized spacial score (nSPS) is 10.3. The molecule has 4 nitrogen and oxygen atoms in total.